The minimum absolute atomic E-state index is 0.379. The molecule has 2 unspecified atom stereocenters. The molecule has 0 saturated carbocycles. The highest BCUT2D eigenvalue weighted by Crippen LogP contribution is 2.26. The van der Waals surface area contributed by atoms with E-state index < -0.39 is 0 Å². The van der Waals surface area contributed by atoms with Gasteiger partial charge in [0.1, 0.15) is 0 Å². The summed E-state index contributed by atoms with van der Waals surface area (Å²) in [7, 11) is 0. The number of hydrazine groups is 1. The molecule has 3 N–H and O–H groups in total. The maximum atomic E-state index is 5.72. The molecular formula is C15H26N2. The summed E-state index contributed by atoms with van der Waals surface area (Å²) in [5.74, 6) is 6.97. The minimum Gasteiger partial charge on any atom is -0.271 e. The number of rotatable bonds is 7. The van der Waals surface area contributed by atoms with Crippen LogP contribution in [0.25, 0.3) is 0 Å². The third kappa shape index (κ3) is 4.49. The molecule has 0 amide bonds. The van der Waals surface area contributed by atoms with Crippen LogP contribution in [-0.2, 0) is 0 Å². The molecule has 1 aromatic carbocycles. The van der Waals surface area contributed by atoms with Gasteiger partial charge in [-0.3, -0.25) is 11.3 Å². The molecule has 0 fully saturated rings. The van der Waals surface area contributed by atoms with Crippen molar-refractivity contribution in [2.75, 3.05) is 0 Å². The van der Waals surface area contributed by atoms with Gasteiger partial charge in [0.15, 0.2) is 0 Å². The van der Waals surface area contributed by atoms with Gasteiger partial charge in [0.05, 0.1) is 0 Å². The highest BCUT2D eigenvalue weighted by molar-refractivity contribution is 5.21. The molecule has 1 rings (SSSR count). The molecule has 2 atom stereocenters. The summed E-state index contributed by atoms with van der Waals surface area (Å²) in [6.45, 7) is 6.76. The average molecular weight is 234 g/mol. The van der Waals surface area contributed by atoms with Crippen LogP contribution in [0.3, 0.4) is 0 Å². The normalized spacial score (nSPS) is 14.9. The second kappa shape index (κ2) is 7.46. The van der Waals surface area contributed by atoms with E-state index >= 15 is 0 Å². The van der Waals surface area contributed by atoms with Gasteiger partial charge in [-0.15, -0.1) is 0 Å². The molecule has 0 bridgehead atoms. The zero-order valence-electron chi connectivity index (χ0n) is 11.3. The van der Waals surface area contributed by atoms with Crippen molar-refractivity contribution in [1.82, 2.24) is 5.43 Å². The third-order valence-electron chi connectivity index (χ3n) is 3.42. The summed E-state index contributed by atoms with van der Waals surface area (Å²) in [5.41, 5.74) is 4.40. The summed E-state index contributed by atoms with van der Waals surface area (Å²) in [6.07, 6.45) is 3.48. The summed E-state index contributed by atoms with van der Waals surface area (Å²) in [5, 5.41) is 0. The number of benzene rings is 1. The van der Waals surface area contributed by atoms with Crippen LogP contribution in [0.2, 0.25) is 0 Å². The Balaban J connectivity index is 2.70. The van der Waals surface area contributed by atoms with E-state index in [-0.39, 0.29) is 0 Å². The largest absolute Gasteiger partial charge is 0.271 e. The molecular weight excluding hydrogens is 208 g/mol. The fourth-order valence-corrected chi connectivity index (χ4v) is 2.37. The van der Waals surface area contributed by atoms with Crippen LogP contribution in [-0.4, -0.2) is 6.04 Å². The van der Waals surface area contributed by atoms with Crippen molar-refractivity contribution in [2.24, 2.45) is 11.8 Å². The predicted molar refractivity (Wildman–Crippen MR) is 74.7 cm³/mol. The van der Waals surface area contributed by atoms with E-state index in [2.05, 4.69) is 56.5 Å². The molecule has 96 valence electrons. The molecule has 2 heteroatoms. The first-order valence-corrected chi connectivity index (χ1v) is 6.70. The first-order valence-electron chi connectivity index (χ1n) is 6.70. The Morgan fingerprint density at radius 2 is 1.76 bits per heavy atom. The van der Waals surface area contributed by atoms with Gasteiger partial charge in [0.2, 0.25) is 0 Å². The number of nitrogens with one attached hydrogen (secondary N) is 1. The van der Waals surface area contributed by atoms with E-state index in [1.54, 1.807) is 0 Å². The van der Waals surface area contributed by atoms with Crippen molar-refractivity contribution >= 4 is 0 Å². The Labute approximate surface area is 106 Å². The monoisotopic (exact) mass is 234 g/mol. The van der Waals surface area contributed by atoms with E-state index in [1.165, 1.54) is 12.0 Å². The number of hydrogen-bond acceptors (Lipinski definition) is 2. The van der Waals surface area contributed by atoms with Gasteiger partial charge in [-0.2, -0.15) is 0 Å². The van der Waals surface area contributed by atoms with Crippen molar-refractivity contribution < 1.29 is 0 Å². The SMILES string of the molecule is CCC(c1ccccc1)C(CCC(C)C)NN. The van der Waals surface area contributed by atoms with Gasteiger partial charge in [0, 0.05) is 12.0 Å². The molecule has 17 heavy (non-hydrogen) atoms. The van der Waals surface area contributed by atoms with E-state index in [4.69, 9.17) is 5.84 Å². The Hall–Kier alpha value is -0.860. The quantitative estimate of drug-likeness (QED) is 0.560. The highest BCUT2D eigenvalue weighted by Gasteiger charge is 2.20. The maximum absolute atomic E-state index is 5.72. The molecule has 0 radical (unpaired) electrons. The second-order valence-corrected chi connectivity index (χ2v) is 5.17. The molecule has 0 heterocycles. The Bertz CT molecular complexity index is 295. The van der Waals surface area contributed by atoms with Crippen molar-refractivity contribution in [1.29, 1.82) is 0 Å². The molecule has 0 saturated heterocycles. The fourth-order valence-electron chi connectivity index (χ4n) is 2.37. The van der Waals surface area contributed by atoms with Crippen LogP contribution >= 0.6 is 0 Å². The van der Waals surface area contributed by atoms with Crippen LogP contribution in [0.15, 0.2) is 30.3 Å². The van der Waals surface area contributed by atoms with Crippen molar-refractivity contribution in [3.8, 4) is 0 Å². The Morgan fingerprint density at radius 1 is 1.12 bits per heavy atom. The fraction of sp³-hybridized carbons (Fsp3) is 0.600. The lowest BCUT2D eigenvalue weighted by Crippen LogP contribution is -2.39. The lowest BCUT2D eigenvalue weighted by atomic mass is 9.86. The molecule has 1 aromatic rings. The first kappa shape index (κ1) is 14.2. The van der Waals surface area contributed by atoms with Crippen LogP contribution in [0.4, 0.5) is 0 Å². The molecule has 0 spiro atoms. The minimum atomic E-state index is 0.379. The maximum Gasteiger partial charge on any atom is 0.0279 e. The van der Waals surface area contributed by atoms with Gasteiger partial charge in [-0.05, 0) is 30.7 Å². The average Bonchev–Trinajstić information content (AvgIpc) is 2.35. The van der Waals surface area contributed by atoms with Gasteiger partial charge in [0.25, 0.3) is 0 Å². The van der Waals surface area contributed by atoms with Crippen LogP contribution in [0, 0.1) is 5.92 Å². The van der Waals surface area contributed by atoms with Gasteiger partial charge < -0.3 is 0 Å². The third-order valence-corrected chi connectivity index (χ3v) is 3.42. The van der Waals surface area contributed by atoms with Crippen molar-refractivity contribution in [3.05, 3.63) is 35.9 Å². The van der Waals surface area contributed by atoms with Crippen LogP contribution in [0.5, 0.6) is 0 Å². The zero-order valence-corrected chi connectivity index (χ0v) is 11.3. The Kier molecular flexibility index (Phi) is 6.23. The number of hydrogen-bond donors (Lipinski definition) is 2. The van der Waals surface area contributed by atoms with Crippen molar-refractivity contribution in [2.45, 2.75) is 52.0 Å². The summed E-state index contributed by atoms with van der Waals surface area (Å²) in [6, 6.07) is 11.1. The van der Waals surface area contributed by atoms with Crippen LogP contribution < -0.4 is 11.3 Å². The van der Waals surface area contributed by atoms with Crippen LogP contribution in [0.1, 0.15) is 51.5 Å². The first-order chi connectivity index (χ1) is 8.19. The summed E-state index contributed by atoms with van der Waals surface area (Å²) in [4.78, 5) is 0. The van der Waals surface area contributed by atoms with E-state index in [0.717, 1.165) is 18.8 Å². The highest BCUT2D eigenvalue weighted by atomic mass is 15.2. The lowest BCUT2D eigenvalue weighted by molar-refractivity contribution is 0.374. The molecule has 0 aliphatic rings. The van der Waals surface area contributed by atoms with Gasteiger partial charge in [-0.25, -0.2) is 0 Å². The number of nitrogens with two attached hydrogens (primary N) is 1. The topological polar surface area (TPSA) is 38.0 Å². The van der Waals surface area contributed by atoms with Crippen molar-refractivity contribution in [3.63, 3.8) is 0 Å². The molecule has 0 aliphatic carbocycles. The molecule has 2 nitrogen and oxygen atoms in total. The summed E-state index contributed by atoms with van der Waals surface area (Å²) < 4.78 is 0. The smallest absolute Gasteiger partial charge is 0.0279 e. The van der Waals surface area contributed by atoms with E-state index in [1.807, 2.05) is 0 Å². The van der Waals surface area contributed by atoms with E-state index in [0.29, 0.717) is 12.0 Å². The lowest BCUT2D eigenvalue weighted by Gasteiger charge is -2.26. The molecule has 0 aliphatic heterocycles. The van der Waals surface area contributed by atoms with Gasteiger partial charge in [-0.1, -0.05) is 51.1 Å². The predicted octanol–water partition coefficient (Wildman–Crippen LogP) is 3.45. The zero-order chi connectivity index (χ0) is 12.7. The van der Waals surface area contributed by atoms with Gasteiger partial charge >= 0.3 is 0 Å². The summed E-state index contributed by atoms with van der Waals surface area (Å²) >= 11 is 0. The Morgan fingerprint density at radius 3 is 2.24 bits per heavy atom. The standard InChI is InChI=1S/C15H26N2/c1-4-14(13-8-6-5-7-9-13)15(17-16)11-10-12(2)3/h5-9,12,14-15,17H,4,10-11,16H2,1-3H3. The second-order valence-electron chi connectivity index (χ2n) is 5.17. The van der Waals surface area contributed by atoms with E-state index in [9.17, 15) is 0 Å². The molecule has 0 aromatic heterocycles.